The minimum Gasteiger partial charge on any atom is -0.497 e. The summed E-state index contributed by atoms with van der Waals surface area (Å²) in [5.74, 6) is -1.17. The molecule has 0 amide bonds. The Bertz CT molecular complexity index is 546. The average Bonchev–Trinajstić information content (AvgIpc) is 2.38. The van der Waals surface area contributed by atoms with E-state index in [-0.39, 0.29) is 17.9 Å². The van der Waals surface area contributed by atoms with E-state index in [2.05, 4.69) is 0 Å². The molecule has 0 spiro atoms. The molecule has 0 aliphatic heterocycles. The number of rotatable bonds is 3. The van der Waals surface area contributed by atoms with Crippen molar-refractivity contribution in [2.75, 3.05) is 7.11 Å². The summed E-state index contributed by atoms with van der Waals surface area (Å²) in [6, 6.07) is 9.22. The molecule has 0 unspecified atom stereocenters. The van der Waals surface area contributed by atoms with E-state index in [1.54, 1.807) is 24.3 Å². The van der Waals surface area contributed by atoms with Crippen LogP contribution < -0.4 is 10.5 Å². The van der Waals surface area contributed by atoms with Gasteiger partial charge in [0.15, 0.2) is 0 Å². The fraction of sp³-hybridized carbons (Fsp3) is 0.143. The Morgan fingerprint density at radius 3 is 2.28 bits per heavy atom. The first-order chi connectivity index (χ1) is 8.67. The highest BCUT2D eigenvalue weighted by atomic mass is 19.1. The highest BCUT2D eigenvalue weighted by Crippen LogP contribution is 2.31. The number of benzene rings is 2. The van der Waals surface area contributed by atoms with Crippen LogP contribution in [0.15, 0.2) is 36.4 Å². The van der Waals surface area contributed by atoms with Gasteiger partial charge in [0.25, 0.3) is 0 Å². The molecule has 0 radical (unpaired) electrons. The standard InChI is InChI=1S/C14H13F2NO/c1-18-10-6-12(15)14(13(16)7-10)11-5-3-2-4-9(11)8-17/h2-7H,8,17H2,1H3. The second kappa shape index (κ2) is 5.14. The number of methoxy groups -OCH3 is 1. The fourth-order valence-electron chi connectivity index (χ4n) is 1.87. The third kappa shape index (κ3) is 2.19. The van der Waals surface area contributed by atoms with Gasteiger partial charge in [-0.2, -0.15) is 0 Å². The maximum absolute atomic E-state index is 13.9. The molecule has 0 saturated carbocycles. The summed E-state index contributed by atoms with van der Waals surface area (Å²) in [7, 11) is 1.36. The van der Waals surface area contributed by atoms with E-state index in [0.29, 0.717) is 11.1 Å². The quantitative estimate of drug-likeness (QED) is 0.907. The van der Waals surface area contributed by atoms with Gasteiger partial charge in [-0.1, -0.05) is 24.3 Å². The van der Waals surface area contributed by atoms with Crippen molar-refractivity contribution >= 4 is 0 Å². The molecule has 0 aliphatic rings. The molecule has 0 saturated heterocycles. The van der Waals surface area contributed by atoms with E-state index in [0.717, 1.165) is 12.1 Å². The Hall–Kier alpha value is -1.94. The van der Waals surface area contributed by atoms with Crippen LogP contribution in [0.25, 0.3) is 11.1 Å². The minimum atomic E-state index is -0.659. The van der Waals surface area contributed by atoms with Crippen molar-refractivity contribution in [1.82, 2.24) is 0 Å². The van der Waals surface area contributed by atoms with E-state index in [1.165, 1.54) is 7.11 Å². The Labute approximate surface area is 104 Å². The van der Waals surface area contributed by atoms with Gasteiger partial charge in [0.05, 0.1) is 12.7 Å². The van der Waals surface area contributed by atoms with Crippen molar-refractivity contribution in [3.05, 3.63) is 53.6 Å². The molecular formula is C14H13F2NO. The van der Waals surface area contributed by atoms with Crippen LogP contribution in [-0.4, -0.2) is 7.11 Å². The van der Waals surface area contributed by atoms with E-state index < -0.39 is 11.6 Å². The highest BCUT2D eigenvalue weighted by Gasteiger charge is 2.15. The van der Waals surface area contributed by atoms with E-state index in [9.17, 15) is 8.78 Å². The fourth-order valence-corrected chi connectivity index (χ4v) is 1.87. The molecule has 0 heterocycles. The molecule has 4 heteroatoms. The number of hydrogen-bond donors (Lipinski definition) is 1. The van der Waals surface area contributed by atoms with E-state index in [4.69, 9.17) is 10.5 Å². The van der Waals surface area contributed by atoms with Gasteiger partial charge in [0.2, 0.25) is 0 Å². The Morgan fingerprint density at radius 1 is 1.11 bits per heavy atom. The summed E-state index contributed by atoms with van der Waals surface area (Å²) in [4.78, 5) is 0. The number of hydrogen-bond acceptors (Lipinski definition) is 2. The summed E-state index contributed by atoms with van der Waals surface area (Å²) in [6.45, 7) is 0.223. The van der Waals surface area contributed by atoms with Crippen LogP contribution in [0, 0.1) is 11.6 Å². The molecule has 2 aromatic rings. The first-order valence-corrected chi connectivity index (χ1v) is 5.48. The SMILES string of the molecule is COc1cc(F)c(-c2ccccc2CN)c(F)c1. The average molecular weight is 249 g/mol. The molecule has 2 nitrogen and oxygen atoms in total. The first-order valence-electron chi connectivity index (χ1n) is 5.48. The van der Waals surface area contributed by atoms with Gasteiger partial charge in [-0.15, -0.1) is 0 Å². The van der Waals surface area contributed by atoms with Crippen LogP contribution in [0.3, 0.4) is 0 Å². The van der Waals surface area contributed by atoms with Crippen molar-refractivity contribution in [3.8, 4) is 16.9 Å². The van der Waals surface area contributed by atoms with Crippen molar-refractivity contribution < 1.29 is 13.5 Å². The van der Waals surface area contributed by atoms with E-state index in [1.807, 2.05) is 0 Å². The zero-order valence-corrected chi connectivity index (χ0v) is 9.91. The lowest BCUT2D eigenvalue weighted by molar-refractivity contribution is 0.407. The smallest absolute Gasteiger partial charge is 0.137 e. The maximum Gasteiger partial charge on any atom is 0.137 e. The minimum absolute atomic E-state index is 0.0724. The lowest BCUT2D eigenvalue weighted by Gasteiger charge is -2.11. The van der Waals surface area contributed by atoms with Crippen LogP contribution in [0.2, 0.25) is 0 Å². The van der Waals surface area contributed by atoms with Gasteiger partial charge >= 0.3 is 0 Å². The zero-order valence-electron chi connectivity index (χ0n) is 9.91. The summed E-state index contributed by atoms with van der Waals surface area (Å²) < 4.78 is 32.7. The Kier molecular flexibility index (Phi) is 3.58. The molecule has 0 bridgehead atoms. The third-order valence-corrected chi connectivity index (χ3v) is 2.76. The second-order valence-corrected chi connectivity index (χ2v) is 3.83. The van der Waals surface area contributed by atoms with Crippen LogP contribution in [0.5, 0.6) is 5.75 Å². The Morgan fingerprint density at radius 2 is 1.72 bits per heavy atom. The number of halogens is 2. The van der Waals surface area contributed by atoms with Gasteiger partial charge < -0.3 is 10.5 Å². The summed E-state index contributed by atoms with van der Waals surface area (Å²) >= 11 is 0. The topological polar surface area (TPSA) is 35.2 Å². The number of ether oxygens (including phenoxy) is 1. The zero-order chi connectivity index (χ0) is 13.1. The molecule has 18 heavy (non-hydrogen) atoms. The molecule has 0 atom stereocenters. The predicted octanol–water partition coefficient (Wildman–Crippen LogP) is 3.10. The van der Waals surface area contributed by atoms with Gasteiger partial charge in [0, 0.05) is 18.7 Å². The van der Waals surface area contributed by atoms with Crippen LogP contribution >= 0.6 is 0 Å². The molecule has 2 rings (SSSR count). The van der Waals surface area contributed by atoms with E-state index >= 15 is 0 Å². The predicted molar refractivity (Wildman–Crippen MR) is 66.2 cm³/mol. The maximum atomic E-state index is 13.9. The summed E-state index contributed by atoms with van der Waals surface area (Å²) in [5.41, 5.74) is 6.67. The Balaban J connectivity index is 2.64. The monoisotopic (exact) mass is 249 g/mol. The van der Waals surface area contributed by atoms with Gasteiger partial charge in [0.1, 0.15) is 17.4 Å². The first kappa shape index (κ1) is 12.5. The van der Waals surface area contributed by atoms with Gasteiger partial charge in [-0.25, -0.2) is 8.78 Å². The largest absolute Gasteiger partial charge is 0.497 e. The van der Waals surface area contributed by atoms with Crippen molar-refractivity contribution in [3.63, 3.8) is 0 Å². The molecule has 0 aliphatic carbocycles. The third-order valence-electron chi connectivity index (χ3n) is 2.76. The second-order valence-electron chi connectivity index (χ2n) is 3.83. The van der Waals surface area contributed by atoms with Crippen LogP contribution in [0.4, 0.5) is 8.78 Å². The van der Waals surface area contributed by atoms with Crippen LogP contribution in [0.1, 0.15) is 5.56 Å². The molecule has 94 valence electrons. The summed E-state index contributed by atoms with van der Waals surface area (Å²) in [6.07, 6.45) is 0. The van der Waals surface area contributed by atoms with Crippen LogP contribution in [-0.2, 0) is 6.54 Å². The van der Waals surface area contributed by atoms with Crippen molar-refractivity contribution in [2.45, 2.75) is 6.54 Å². The molecule has 0 fully saturated rings. The number of nitrogens with two attached hydrogens (primary N) is 1. The molecule has 2 N–H and O–H groups in total. The van der Waals surface area contributed by atoms with Crippen molar-refractivity contribution in [1.29, 1.82) is 0 Å². The van der Waals surface area contributed by atoms with Gasteiger partial charge in [-0.05, 0) is 11.1 Å². The van der Waals surface area contributed by atoms with Gasteiger partial charge in [-0.3, -0.25) is 0 Å². The molecule has 0 aromatic heterocycles. The normalized spacial score (nSPS) is 10.4. The van der Waals surface area contributed by atoms with Crippen molar-refractivity contribution in [2.24, 2.45) is 5.73 Å². The lowest BCUT2D eigenvalue weighted by atomic mass is 9.98. The lowest BCUT2D eigenvalue weighted by Crippen LogP contribution is -2.01. The highest BCUT2D eigenvalue weighted by molar-refractivity contribution is 5.69. The molecule has 2 aromatic carbocycles. The molecular weight excluding hydrogens is 236 g/mol. The summed E-state index contributed by atoms with van der Waals surface area (Å²) in [5, 5.41) is 0.